The average Bonchev–Trinajstić information content (AvgIpc) is 4.34. The molecule has 2 bridgehead atoms. The smallest absolute Gasteiger partial charge is 0.319 e. The van der Waals surface area contributed by atoms with Crippen molar-refractivity contribution in [3.05, 3.63) is 107 Å². The number of amides is 3. The highest BCUT2D eigenvalue weighted by atomic mass is 19.2. The topological polar surface area (TPSA) is 177 Å². The second-order valence-electron chi connectivity index (χ2n) is 23.8. The molecule has 11 rings (SSSR count). The highest BCUT2D eigenvalue weighted by Gasteiger charge is 2.50. The van der Waals surface area contributed by atoms with Gasteiger partial charge in [0.15, 0.2) is 5.82 Å². The van der Waals surface area contributed by atoms with E-state index in [0.717, 1.165) is 32.2 Å². The molecule has 5 saturated heterocycles. The molecule has 5 aliphatic rings. The van der Waals surface area contributed by atoms with Crippen molar-refractivity contribution in [3.63, 3.8) is 0 Å². The van der Waals surface area contributed by atoms with E-state index in [-0.39, 0.29) is 107 Å². The lowest BCUT2D eigenvalue weighted by Gasteiger charge is -2.43. The highest BCUT2D eigenvalue weighted by Crippen LogP contribution is 2.41. The van der Waals surface area contributed by atoms with E-state index in [9.17, 15) is 37.8 Å². The molecule has 4 aromatic carbocycles. The summed E-state index contributed by atoms with van der Waals surface area (Å²) in [5.74, 6) is -3.02. The van der Waals surface area contributed by atoms with Crippen LogP contribution in [-0.2, 0) is 14.4 Å². The normalized spacial score (nSPS) is 22.8. The number of nitrogens with one attached hydrogen (secondary N) is 2. The van der Waals surface area contributed by atoms with Crippen molar-refractivity contribution in [1.29, 1.82) is 0 Å². The Bertz CT molecular complexity index is 3490. The zero-order valence-electron chi connectivity index (χ0n) is 46.2. The van der Waals surface area contributed by atoms with Gasteiger partial charge in [-0.3, -0.25) is 24.3 Å². The molecular weight excluding hydrogens is 1060 g/mol. The number of aromatic nitrogens is 3. The van der Waals surface area contributed by atoms with Crippen LogP contribution in [0.5, 0.6) is 11.8 Å². The molecule has 0 spiro atoms. The van der Waals surface area contributed by atoms with E-state index in [2.05, 4.69) is 36.3 Å². The van der Waals surface area contributed by atoms with Crippen LogP contribution >= 0.6 is 0 Å². The lowest BCUT2D eigenvalue weighted by atomic mass is 9.83. The number of rotatable bonds is 15. The molecule has 2 aromatic heterocycles. The number of hydrogen-bond acceptors (Lipinski definition) is 12. The van der Waals surface area contributed by atoms with Crippen molar-refractivity contribution < 1.29 is 51.3 Å². The quantitative estimate of drug-likeness (QED) is 0.0570. The van der Waals surface area contributed by atoms with Gasteiger partial charge in [-0.25, -0.2) is 22.0 Å². The van der Waals surface area contributed by atoms with E-state index in [1.54, 1.807) is 24.0 Å². The van der Waals surface area contributed by atoms with Crippen molar-refractivity contribution in [2.24, 2.45) is 5.41 Å². The number of likely N-dealkylation sites (tertiary alicyclic amines) is 3. The molecule has 15 nitrogen and oxygen atoms in total. The third-order valence-electron chi connectivity index (χ3n) is 17.1. The summed E-state index contributed by atoms with van der Waals surface area (Å²) < 4.78 is 81.5. The summed E-state index contributed by atoms with van der Waals surface area (Å²) in [5, 5.41) is 29.3. The molecule has 0 radical (unpaired) electrons. The summed E-state index contributed by atoms with van der Waals surface area (Å²) in [6.07, 6.45) is 12.1. The first-order valence-corrected chi connectivity index (χ1v) is 28.3. The minimum Gasteiger partial charge on any atom is -0.508 e. The van der Waals surface area contributed by atoms with Crippen molar-refractivity contribution in [3.8, 4) is 46.5 Å². The Labute approximate surface area is 472 Å². The van der Waals surface area contributed by atoms with Gasteiger partial charge in [-0.15, -0.1) is 6.42 Å². The van der Waals surface area contributed by atoms with Gasteiger partial charge < -0.3 is 40.3 Å². The summed E-state index contributed by atoms with van der Waals surface area (Å²) in [5.41, 5.74) is -0.565. The van der Waals surface area contributed by atoms with Crippen LogP contribution in [-0.4, -0.2) is 139 Å². The molecule has 0 aliphatic carbocycles. The number of phenolic OH excluding ortho intramolecular Hbond substituents is 1. The third-order valence-corrected chi connectivity index (χ3v) is 17.1. The Kier molecular flexibility index (Phi) is 15.6. The van der Waals surface area contributed by atoms with Crippen LogP contribution < -0.4 is 20.3 Å². The SMILES string of the molecule is C#Cc1c(F)ccc2cc(O)cc(-c3ncc4c(N5CC6CCC(C5)N6)nc(OC[C@@H]5CCCN5CCC[C@H]5CCC(=O)N5[C@H](C(=O)N5C[C@H](O)C[C@H]5C(=O)N[C@@H](C)c5ccc(-c6c(F)cc(F)cc6F)cc5)C(C)(C)C)nc4c3F)c12. The minimum absolute atomic E-state index is 0.0164. The fourth-order valence-corrected chi connectivity index (χ4v) is 13.2. The van der Waals surface area contributed by atoms with Crippen LogP contribution in [0.2, 0.25) is 0 Å². The van der Waals surface area contributed by atoms with Gasteiger partial charge in [-0.2, -0.15) is 9.97 Å². The van der Waals surface area contributed by atoms with Crippen molar-refractivity contribution in [1.82, 2.24) is 40.3 Å². The number of aliphatic hydroxyl groups is 1. The van der Waals surface area contributed by atoms with Gasteiger partial charge in [0.05, 0.1) is 28.7 Å². The summed E-state index contributed by atoms with van der Waals surface area (Å²) >= 11 is 0. The Morgan fingerprint density at radius 1 is 0.927 bits per heavy atom. The van der Waals surface area contributed by atoms with Gasteiger partial charge in [-0.05, 0) is 105 Å². The molecule has 2 unspecified atom stereocenters. The summed E-state index contributed by atoms with van der Waals surface area (Å²) in [6, 6.07) is 10.3. The molecule has 7 heterocycles. The molecule has 0 saturated carbocycles. The average molecular weight is 1130 g/mol. The standard InChI is InChI=1S/C62H66F5N9O6/c1-6-44-47(64)19-15-36-23-42(77)26-45(52(36)44)55-54(67)56-46(28-68-55)58(74-29-38-16-17-39(30-74)70-38)72-61(71-56)82-32-41-10-8-22-73(41)21-7-9-40-18-20-51(79)76(40)57(62(3,4)5)60(81)75-31-43(78)27-50(75)59(80)69-33(2)34-11-13-35(14-12-34)53-48(65)24-37(63)25-49(53)66/h1,11-15,19,23-26,28,33,38-41,43,50,57,70,77-78H,7-10,16-18,20-22,27,29-32H2,2-5H3,(H,69,80)/t33-,38?,39?,40-,41-,43+,50-,57+/m0/s1. The van der Waals surface area contributed by atoms with Gasteiger partial charge in [0.1, 0.15) is 64.7 Å². The number of phenols is 1. The Morgan fingerprint density at radius 3 is 2.37 bits per heavy atom. The minimum atomic E-state index is -1.05. The summed E-state index contributed by atoms with van der Waals surface area (Å²) in [4.78, 5) is 64.6. The largest absolute Gasteiger partial charge is 0.508 e. The number of carbonyl (C=O) groups excluding carboxylic acids is 3. The number of benzene rings is 4. The van der Waals surface area contributed by atoms with Gasteiger partial charge in [-0.1, -0.05) is 57.0 Å². The maximum Gasteiger partial charge on any atom is 0.319 e. The van der Waals surface area contributed by atoms with Crippen molar-refractivity contribution >= 4 is 45.2 Å². The zero-order valence-corrected chi connectivity index (χ0v) is 46.2. The first-order valence-electron chi connectivity index (χ1n) is 28.3. The third kappa shape index (κ3) is 11.0. The molecule has 4 N–H and O–H groups in total. The monoisotopic (exact) mass is 1130 g/mol. The number of terminal acetylenes is 1. The van der Waals surface area contributed by atoms with Crippen molar-refractivity contribution in [2.75, 3.05) is 44.2 Å². The molecular formula is C62H66F5N9O6. The Hall–Kier alpha value is -7.47. The number of aliphatic hydroxyl groups excluding tert-OH is 1. The summed E-state index contributed by atoms with van der Waals surface area (Å²) in [7, 11) is 0. The number of piperazine rings is 1. The van der Waals surface area contributed by atoms with Gasteiger partial charge in [0.25, 0.3) is 0 Å². The maximum absolute atomic E-state index is 17.3. The van der Waals surface area contributed by atoms with Crippen LogP contribution in [0, 0.1) is 46.8 Å². The molecule has 5 fully saturated rings. The number of anilines is 1. The van der Waals surface area contributed by atoms with E-state index in [0.29, 0.717) is 73.2 Å². The van der Waals surface area contributed by atoms with Gasteiger partial charge in [0.2, 0.25) is 17.7 Å². The first kappa shape index (κ1) is 56.4. The maximum atomic E-state index is 17.3. The van der Waals surface area contributed by atoms with Crippen LogP contribution in [0.1, 0.15) is 103 Å². The number of fused-ring (bicyclic) bond motifs is 4. The summed E-state index contributed by atoms with van der Waals surface area (Å²) in [6.45, 7) is 10.2. The number of pyridine rings is 1. The van der Waals surface area contributed by atoms with Crippen molar-refractivity contribution in [2.45, 2.75) is 134 Å². The van der Waals surface area contributed by atoms with Crippen LogP contribution in [0.25, 0.3) is 44.1 Å². The van der Waals surface area contributed by atoms with E-state index in [1.165, 1.54) is 47.5 Å². The highest BCUT2D eigenvalue weighted by molar-refractivity contribution is 6.03. The Morgan fingerprint density at radius 2 is 1.66 bits per heavy atom. The Balaban J connectivity index is 0.771. The van der Waals surface area contributed by atoms with E-state index in [1.807, 2.05) is 20.8 Å². The number of hydrogen-bond donors (Lipinski definition) is 4. The van der Waals surface area contributed by atoms with E-state index < -0.39 is 70.5 Å². The molecule has 6 aromatic rings. The fourth-order valence-electron chi connectivity index (χ4n) is 13.2. The number of nitrogens with zero attached hydrogens (tertiary/aromatic N) is 7. The van der Waals surface area contributed by atoms with Gasteiger partial charge >= 0.3 is 6.01 Å². The lowest BCUT2D eigenvalue weighted by Crippen LogP contribution is -2.59. The predicted molar refractivity (Wildman–Crippen MR) is 299 cm³/mol. The first-order chi connectivity index (χ1) is 39.2. The van der Waals surface area contributed by atoms with E-state index >= 15 is 8.78 Å². The molecule has 3 amide bonds. The number of halogens is 5. The van der Waals surface area contributed by atoms with Gasteiger partial charge in [0, 0.05) is 85.9 Å². The zero-order chi connectivity index (χ0) is 57.9. The number of carbonyl (C=O) groups is 3. The van der Waals surface area contributed by atoms with Crippen LogP contribution in [0.4, 0.5) is 27.8 Å². The van der Waals surface area contributed by atoms with E-state index in [4.69, 9.17) is 16.1 Å². The molecule has 20 heteroatoms. The predicted octanol–water partition coefficient (Wildman–Crippen LogP) is 8.70. The lowest BCUT2D eigenvalue weighted by molar-refractivity contribution is -0.152. The fraction of sp³-hybridized carbons (Fsp3) is 0.452. The molecule has 430 valence electrons. The van der Waals surface area contributed by atoms with Crippen LogP contribution in [0.3, 0.4) is 0 Å². The number of β-amino-alcohol motifs (C(OH)–C–C–N with tert-alkyl or cyclic N) is 1. The van der Waals surface area contributed by atoms with Crippen LogP contribution in [0.15, 0.2) is 66.9 Å². The molecule has 8 atom stereocenters. The number of aromatic hydroxyl groups is 1. The molecule has 82 heavy (non-hydrogen) atoms. The number of ether oxygens (including phenoxy) is 1. The second kappa shape index (κ2) is 22.7. The second-order valence-corrected chi connectivity index (χ2v) is 23.8. The molecule has 5 aliphatic heterocycles.